The van der Waals surface area contributed by atoms with Gasteiger partial charge in [-0.15, -0.1) is 0 Å². The highest BCUT2D eigenvalue weighted by Crippen LogP contribution is 2.28. The van der Waals surface area contributed by atoms with Gasteiger partial charge in [-0.1, -0.05) is 11.6 Å². The molecule has 0 saturated heterocycles. The van der Waals surface area contributed by atoms with Crippen molar-refractivity contribution in [1.82, 2.24) is 0 Å². The summed E-state index contributed by atoms with van der Waals surface area (Å²) in [4.78, 5) is 31.2. The molecule has 0 radical (unpaired) electrons. The Morgan fingerprint density at radius 3 is 2.47 bits per heavy atom. The van der Waals surface area contributed by atoms with Crippen LogP contribution < -0.4 is 5.32 Å². The molecule has 8 nitrogen and oxygen atoms in total. The van der Waals surface area contributed by atoms with Gasteiger partial charge in [0.2, 0.25) is 0 Å². The molecule has 0 aromatic heterocycles. The Hall–Kier alpha value is -2.61. The second-order valence-corrected chi connectivity index (χ2v) is 3.68. The van der Waals surface area contributed by atoms with Crippen molar-refractivity contribution >= 4 is 34.9 Å². The third kappa shape index (κ3) is 3.96. The van der Waals surface area contributed by atoms with E-state index in [2.05, 4.69) is 5.32 Å². The summed E-state index contributed by atoms with van der Waals surface area (Å²) in [5.74, 6) is -3.06. The minimum absolute atomic E-state index is 0.0938. The van der Waals surface area contributed by atoms with Crippen molar-refractivity contribution in [3.63, 3.8) is 0 Å². The zero-order chi connectivity index (χ0) is 14.6. The Balaban J connectivity index is 3.20. The number of hydrogen-bond acceptors (Lipinski definition) is 5. The van der Waals surface area contributed by atoms with E-state index >= 15 is 0 Å². The average molecular weight is 287 g/mol. The predicted octanol–water partition coefficient (Wildman–Crippen LogP) is 1.71. The van der Waals surface area contributed by atoms with E-state index in [9.17, 15) is 19.7 Å². The van der Waals surface area contributed by atoms with Crippen molar-refractivity contribution in [2.75, 3.05) is 5.32 Å². The number of halogens is 1. The maximum atomic E-state index is 10.8. The Morgan fingerprint density at radius 2 is 2.00 bits per heavy atom. The highest BCUT2D eigenvalue weighted by Gasteiger charge is 2.18. The first-order chi connectivity index (χ1) is 8.81. The van der Waals surface area contributed by atoms with E-state index in [4.69, 9.17) is 21.8 Å². The molecule has 0 atom stereocenters. The second kappa shape index (κ2) is 5.83. The highest BCUT2D eigenvalue weighted by molar-refractivity contribution is 6.31. The molecule has 0 bridgehead atoms. The van der Waals surface area contributed by atoms with Gasteiger partial charge in [0.25, 0.3) is 5.69 Å². The number of rotatable bonds is 5. The van der Waals surface area contributed by atoms with Gasteiger partial charge >= 0.3 is 11.9 Å². The molecule has 0 aliphatic carbocycles. The topological polar surface area (TPSA) is 130 Å². The first-order valence-corrected chi connectivity index (χ1v) is 5.08. The first kappa shape index (κ1) is 14.5. The van der Waals surface area contributed by atoms with Crippen LogP contribution in [0.2, 0.25) is 5.02 Å². The minimum Gasteiger partial charge on any atom is -0.478 e. The summed E-state index contributed by atoms with van der Waals surface area (Å²) in [5.41, 5.74) is -1.35. The van der Waals surface area contributed by atoms with E-state index in [1.807, 2.05) is 0 Å². The van der Waals surface area contributed by atoms with Gasteiger partial charge in [-0.05, 0) is 12.1 Å². The van der Waals surface area contributed by atoms with Crippen molar-refractivity contribution in [3.8, 4) is 0 Å². The van der Waals surface area contributed by atoms with Crippen LogP contribution in [0.25, 0.3) is 0 Å². The number of nitro groups is 1. The van der Waals surface area contributed by atoms with Crippen LogP contribution in [0, 0.1) is 10.1 Å². The fourth-order valence-corrected chi connectivity index (χ4v) is 1.35. The molecule has 19 heavy (non-hydrogen) atoms. The van der Waals surface area contributed by atoms with Crippen molar-refractivity contribution in [3.05, 3.63) is 45.1 Å². The number of nitro benzene ring substituents is 1. The van der Waals surface area contributed by atoms with E-state index < -0.39 is 28.2 Å². The molecule has 0 aliphatic heterocycles. The van der Waals surface area contributed by atoms with Gasteiger partial charge in [0.05, 0.1) is 11.0 Å². The normalized spacial score (nSPS) is 10.9. The Kier molecular flexibility index (Phi) is 4.43. The summed E-state index contributed by atoms with van der Waals surface area (Å²) < 4.78 is 0. The number of nitrogens with zero attached hydrogens (tertiary/aromatic N) is 1. The molecule has 0 unspecified atom stereocenters. The third-order valence-electron chi connectivity index (χ3n) is 1.92. The molecule has 3 N–H and O–H groups in total. The van der Waals surface area contributed by atoms with Crippen molar-refractivity contribution in [2.24, 2.45) is 0 Å². The van der Waals surface area contributed by atoms with Crippen LogP contribution in [0.4, 0.5) is 11.4 Å². The summed E-state index contributed by atoms with van der Waals surface area (Å²) >= 11 is 5.59. The maximum absolute atomic E-state index is 10.8. The molecule has 1 rings (SSSR count). The Labute approximate surface area is 111 Å². The maximum Gasteiger partial charge on any atom is 0.352 e. The van der Waals surface area contributed by atoms with Crippen LogP contribution in [0.5, 0.6) is 0 Å². The van der Waals surface area contributed by atoms with Gasteiger partial charge in [0, 0.05) is 11.1 Å². The molecule has 0 fully saturated rings. The van der Waals surface area contributed by atoms with Crippen molar-refractivity contribution in [1.29, 1.82) is 0 Å². The van der Waals surface area contributed by atoms with E-state index in [-0.39, 0.29) is 10.7 Å². The quantitative estimate of drug-likeness (QED) is 0.426. The number of nitrogens with one attached hydrogen (secondary N) is 1. The summed E-state index contributed by atoms with van der Waals surface area (Å²) in [7, 11) is 0. The van der Waals surface area contributed by atoms with Gasteiger partial charge < -0.3 is 15.5 Å². The molecule has 1 aromatic rings. The zero-order valence-electron chi connectivity index (χ0n) is 9.16. The molecular weight excluding hydrogens is 280 g/mol. The lowest BCUT2D eigenvalue weighted by Crippen LogP contribution is -2.13. The smallest absolute Gasteiger partial charge is 0.352 e. The molecule has 1 aromatic carbocycles. The van der Waals surface area contributed by atoms with E-state index in [1.165, 1.54) is 12.1 Å². The lowest BCUT2D eigenvalue weighted by atomic mass is 10.2. The molecular formula is C10H7ClN2O6. The fraction of sp³-hybridized carbons (Fsp3) is 0. The number of benzene rings is 1. The second-order valence-electron chi connectivity index (χ2n) is 3.24. The van der Waals surface area contributed by atoms with E-state index in [1.54, 1.807) is 0 Å². The molecule has 0 amide bonds. The average Bonchev–Trinajstić information content (AvgIpc) is 2.29. The lowest BCUT2D eigenvalue weighted by Gasteiger charge is -2.07. The number of aliphatic carboxylic acids is 2. The monoisotopic (exact) mass is 286 g/mol. The van der Waals surface area contributed by atoms with Crippen LogP contribution in [0.1, 0.15) is 0 Å². The van der Waals surface area contributed by atoms with E-state index in [0.717, 1.165) is 6.07 Å². The third-order valence-corrected chi connectivity index (χ3v) is 2.16. The molecule has 0 spiro atoms. The van der Waals surface area contributed by atoms with Gasteiger partial charge in [-0.25, -0.2) is 9.59 Å². The Bertz CT molecular complexity index is 583. The summed E-state index contributed by atoms with van der Waals surface area (Å²) in [5, 5.41) is 30.3. The highest BCUT2D eigenvalue weighted by atomic mass is 35.5. The summed E-state index contributed by atoms with van der Waals surface area (Å²) in [6.07, 6.45) is 0.390. The molecule has 0 saturated carbocycles. The zero-order valence-corrected chi connectivity index (χ0v) is 9.92. The van der Waals surface area contributed by atoms with Gasteiger partial charge in [0.15, 0.2) is 0 Å². The number of carboxylic acid groups (broad SMARTS) is 2. The van der Waals surface area contributed by atoms with Gasteiger partial charge in [-0.2, -0.15) is 0 Å². The minimum atomic E-state index is -1.56. The molecule has 0 aliphatic rings. The van der Waals surface area contributed by atoms with Crippen LogP contribution in [-0.2, 0) is 9.59 Å². The van der Waals surface area contributed by atoms with Gasteiger partial charge in [0.1, 0.15) is 11.4 Å². The number of carbonyl (C=O) groups is 2. The Morgan fingerprint density at radius 1 is 1.37 bits per heavy atom. The largest absolute Gasteiger partial charge is 0.478 e. The van der Waals surface area contributed by atoms with Gasteiger partial charge in [-0.3, -0.25) is 10.1 Å². The van der Waals surface area contributed by atoms with Crippen LogP contribution in [0.15, 0.2) is 30.0 Å². The van der Waals surface area contributed by atoms with Crippen LogP contribution in [-0.4, -0.2) is 27.1 Å². The first-order valence-electron chi connectivity index (χ1n) is 4.70. The fourth-order valence-electron chi connectivity index (χ4n) is 1.18. The number of anilines is 1. The molecule has 9 heteroatoms. The van der Waals surface area contributed by atoms with Crippen LogP contribution in [0.3, 0.4) is 0 Å². The van der Waals surface area contributed by atoms with E-state index in [0.29, 0.717) is 6.08 Å². The van der Waals surface area contributed by atoms with Crippen LogP contribution >= 0.6 is 11.6 Å². The van der Waals surface area contributed by atoms with Crippen molar-refractivity contribution < 1.29 is 24.7 Å². The lowest BCUT2D eigenvalue weighted by molar-refractivity contribution is -0.383. The van der Waals surface area contributed by atoms with Crippen molar-refractivity contribution in [2.45, 2.75) is 0 Å². The summed E-state index contributed by atoms with van der Waals surface area (Å²) in [6, 6.07) is 3.50. The predicted molar refractivity (Wildman–Crippen MR) is 65.1 cm³/mol. The standard InChI is InChI=1S/C10H7ClN2O6/c11-5-1-2-6(8(3-5)13(18)19)12-7(10(16)17)4-9(14)15/h1-4,12H,(H,14,15)(H,16,17)/b7-4-. The SMILES string of the molecule is O=C(O)/C=C(\Nc1ccc(Cl)cc1[N+](=O)[O-])C(=O)O. The summed E-state index contributed by atoms with van der Waals surface area (Å²) in [6.45, 7) is 0. The molecule has 100 valence electrons. The number of carboxylic acids is 2. The number of hydrogen-bond donors (Lipinski definition) is 3. The molecule has 0 heterocycles.